The quantitative estimate of drug-likeness (QED) is 0.318. The lowest BCUT2D eigenvalue weighted by Crippen LogP contribution is -2.25. The van der Waals surface area contributed by atoms with E-state index in [4.69, 9.17) is 16.3 Å². The number of ether oxygens (including phenoxy) is 1. The molecule has 1 aliphatic carbocycles. The molecule has 0 saturated heterocycles. The zero-order chi connectivity index (χ0) is 24.4. The Morgan fingerprint density at radius 1 is 1.20 bits per heavy atom. The Balaban J connectivity index is 1.58. The Kier molecular flexibility index (Phi) is 7.05. The fourth-order valence-corrected chi connectivity index (χ4v) is 5.74. The number of hydrogen-bond acceptors (Lipinski definition) is 4. The average Bonchev–Trinajstić information content (AvgIpc) is 3.26. The van der Waals surface area contributed by atoms with Crippen molar-refractivity contribution in [3.05, 3.63) is 65.1 Å². The average molecular weight is 491 g/mol. The third-order valence-electron chi connectivity index (χ3n) is 7.43. The van der Waals surface area contributed by atoms with Gasteiger partial charge in [-0.15, -0.1) is 0 Å². The minimum absolute atomic E-state index is 0.322. The smallest absolute Gasteiger partial charge is 0.146 e. The molecule has 1 aliphatic heterocycles. The van der Waals surface area contributed by atoms with Gasteiger partial charge < -0.3 is 20.4 Å². The van der Waals surface area contributed by atoms with Gasteiger partial charge in [0.15, 0.2) is 0 Å². The molecule has 1 atom stereocenters. The minimum atomic E-state index is 0.322. The van der Waals surface area contributed by atoms with Crippen molar-refractivity contribution in [2.24, 2.45) is 5.92 Å². The van der Waals surface area contributed by atoms with Crippen LogP contribution in [-0.2, 0) is 6.42 Å². The van der Waals surface area contributed by atoms with Crippen molar-refractivity contribution in [2.45, 2.75) is 58.3 Å². The molecule has 1 fully saturated rings. The van der Waals surface area contributed by atoms with E-state index in [0.717, 1.165) is 69.8 Å². The molecule has 1 saturated carbocycles. The predicted molar refractivity (Wildman–Crippen MR) is 146 cm³/mol. The number of hydrogen-bond donors (Lipinski definition) is 3. The second-order valence-corrected chi connectivity index (χ2v) is 10.3. The van der Waals surface area contributed by atoms with E-state index < -0.39 is 0 Å². The Labute approximate surface area is 213 Å². The molecule has 0 bridgehead atoms. The summed E-state index contributed by atoms with van der Waals surface area (Å²) in [4.78, 5) is 8.14. The second kappa shape index (κ2) is 10.4. The number of rotatable bonds is 7. The molecule has 0 amide bonds. The lowest BCUT2D eigenvalue weighted by Gasteiger charge is -2.24. The number of nitrogens with one attached hydrogen (secondary N) is 3. The van der Waals surface area contributed by atoms with E-state index >= 15 is 0 Å². The molecule has 5 nitrogen and oxygen atoms in total. The molecule has 35 heavy (non-hydrogen) atoms. The minimum Gasteiger partial charge on any atom is -0.491 e. The topological polar surface area (TPSA) is 62.0 Å². The van der Waals surface area contributed by atoms with E-state index in [1.54, 1.807) is 0 Å². The van der Waals surface area contributed by atoms with Crippen LogP contribution in [0.15, 0.2) is 43.2 Å². The van der Waals surface area contributed by atoms with Gasteiger partial charge in [-0.2, -0.15) is 0 Å². The standard InChI is InChI=1S/C29H35ClN4O/c1-4-21-23(30)11-8-12-24(21)33-29-26-19(3)32-15-18(2)27(26)34-28(29)22-13-14-31-16-25(22)35-17-20-9-6-5-7-10-20/h8,11-14,16,18,20,32-34H,3-7,9-10,15,17H2,1-2H3. The van der Waals surface area contributed by atoms with E-state index in [2.05, 4.69) is 47.1 Å². The Morgan fingerprint density at radius 3 is 2.83 bits per heavy atom. The zero-order valence-electron chi connectivity index (χ0n) is 20.7. The summed E-state index contributed by atoms with van der Waals surface area (Å²) in [5.41, 5.74) is 8.30. The highest BCUT2D eigenvalue weighted by Crippen LogP contribution is 2.45. The first-order valence-corrected chi connectivity index (χ1v) is 13.2. The van der Waals surface area contributed by atoms with E-state index in [-0.39, 0.29) is 0 Å². The highest BCUT2D eigenvalue weighted by molar-refractivity contribution is 6.31. The number of pyridine rings is 1. The maximum absolute atomic E-state index is 6.56. The Hall–Kier alpha value is -2.92. The zero-order valence-corrected chi connectivity index (χ0v) is 21.5. The number of aromatic nitrogens is 2. The summed E-state index contributed by atoms with van der Waals surface area (Å²) in [7, 11) is 0. The fraction of sp³-hybridized carbons (Fsp3) is 0.414. The highest BCUT2D eigenvalue weighted by Gasteiger charge is 2.29. The van der Waals surface area contributed by atoms with Crippen LogP contribution in [-0.4, -0.2) is 23.1 Å². The Bertz CT molecular complexity index is 1210. The van der Waals surface area contributed by atoms with Crippen LogP contribution in [0.25, 0.3) is 17.0 Å². The SMILES string of the molecule is C=C1NCC(C)c2[nH]c(-c3ccncc3OCC3CCCCC3)c(Nc3cccc(Cl)c3CC)c21. The van der Waals surface area contributed by atoms with Crippen molar-refractivity contribution in [3.8, 4) is 17.0 Å². The third kappa shape index (κ3) is 4.79. The number of aromatic amines is 1. The number of fused-ring (bicyclic) bond motifs is 1. The summed E-state index contributed by atoms with van der Waals surface area (Å²) in [5.74, 6) is 1.75. The molecule has 2 aromatic heterocycles. The second-order valence-electron chi connectivity index (χ2n) is 9.86. The van der Waals surface area contributed by atoms with Crippen molar-refractivity contribution in [1.29, 1.82) is 0 Å². The molecule has 3 heterocycles. The van der Waals surface area contributed by atoms with Crippen LogP contribution in [0.3, 0.4) is 0 Å². The fourth-order valence-electron chi connectivity index (χ4n) is 5.43. The van der Waals surface area contributed by atoms with Crippen LogP contribution in [0.4, 0.5) is 11.4 Å². The molecule has 0 spiro atoms. The first kappa shape index (κ1) is 23.8. The van der Waals surface area contributed by atoms with Gasteiger partial charge in [-0.1, -0.05) is 57.4 Å². The van der Waals surface area contributed by atoms with Gasteiger partial charge in [0.2, 0.25) is 0 Å². The number of benzene rings is 1. The summed E-state index contributed by atoms with van der Waals surface area (Å²) in [6.45, 7) is 10.3. The predicted octanol–water partition coefficient (Wildman–Crippen LogP) is 7.67. The van der Waals surface area contributed by atoms with Gasteiger partial charge in [-0.3, -0.25) is 4.98 Å². The summed E-state index contributed by atoms with van der Waals surface area (Å²) < 4.78 is 6.42. The van der Waals surface area contributed by atoms with Gasteiger partial charge >= 0.3 is 0 Å². The first-order valence-electron chi connectivity index (χ1n) is 12.9. The van der Waals surface area contributed by atoms with Gasteiger partial charge in [-0.25, -0.2) is 0 Å². The molecule has 5 rings (SSSR count). The van der Waals surface area contributed by atoms with Crippen LogP contribution in [0.1, 0.15) is 68.7 Å². The van der Waals surface area contributed by atoms with E-state index in [1.807, 2.05) is 30.6 Å². The van der Waals surface area contributed by atoms with Crippen LogP contribution in [0, 0.1) is 5.92 Å². The summed E-state index contributed by atoms with van der Waals surface area (Å²) >= 11 is 6.56. The van der Waals surface area contributed by atoms with Crippen molar-refractivity contribution < 1.29 is 4.74 Å². The lowest BCUT2D eigenvalue weighted by molar-refractivity contribution is 0.209. The first-order chi connectivity index (χ1) is 17.1. The Morgan fingerprint density at radius 2 is 2.03 bits per heavy atom. The molecule has 1 unspecified atom stereocenters. The molecule has 2 aliphatic rings. The van der Waals surface area contributed by atoms with Gasteiger partial charge in [-0.05, 0) is 48.9 Å². The third-order valence-corrected chi connectivity index (χ3v) is 7.78. The van der Waals surface area contributed by atoms with Gasteiger partial charge in [0, 0.05) is 51.9 Å². The van der Waals surface area contributed by atoms with Crippen molar-refractivity contribution in [2.75, 3.05) is 18.5 Å². The number of anilines is 2. The summed E-state index contributed by atoms with van der Waals surface area (Å²) in [6.07, 6.45) is 11.0. The normalized spacial score (nSPS) is 18.1. The van der Waals surface area contributed by atoms with Crippen molar-refractivity contribution in [1.82, 2.24) is 15.3 Å². The van der Waals surface area contributed by atoms with Gasteiger partial charge in [0.1, 0.15) is 5.75 Å². The van der Waals surface area contributed by atoms with Crippen LogP contribution in [0.2, 0.25) is 5.02 Å². The lowest BCUT2D eigenvalue weighted by atomic mass is 9.90. The molecular weight excluding hydrogens is 456 g/mol. The van der Waals surface area contributed by atoms with Crippen LogP contribution in [0.5, 0.6) is 5.75 Å². The molecule has 3 aromatic rings. The van der Waals surface area contributed by atoms with Crippen LogP contribution < -0.4 is 15.4 Å². The molecule has 184 valence electrons. The van der Waals surface area contributed by atoms with Gasteiger partial charge in [0.25, 0.3) is 0 Å². The van der Waals surface area contributed by atoms with Gasteiger partial charge in [0.05, 0.1) is 24.2 Å². The van der Waals surface area contributed by atoms with Crippen LogP contribution >= 0.6 is 11.6 Å². The maximum atomic E-state index is 6.56. The van der Waals surface area contributed by atoms with E-state index in [0.29, 0.717) is 11.8 Å². The number of nitrogens with zero attached hydrogens (tertiary/aromatic N) is 1. The molecular formula is C29H35ClN4O. The summed E-state index contributed by atoms with van der Waals surface area (Å²) in [5, 5.41) is 7.98. The monoisotopic (exact) mass is 490 g/mol. The number of H-pyrrole nitrogens is 1. The maximum Gasteiger partial charge on any atom is 0.146 e. The number of halogens is 1. The largest absolute Gasteiger partial charge is 0.491 e. The van der Waals surface area contributed by atoms with Crippen molar-refractivity contribution in [3.63, 3.8) is 0 Å². The molecule has 3 N–H and O–H groups in total. The van der Waals surface area contributed by atoms with Crippen molar-refractivity contribution >= 4 is 28.7 Å². The molecule has 6 heteroatoms. The highest BCUT2D eigenvalue weighted by atomic mass is 35.5. The molecule has 1 aromatic carbocycles. The molecule has 0 radical (unpaired) electrons. The summed E-state index contributed by atoms with van der Waals surface area (Å²) in [6, 6.07) is 8.06. The van der Waals surface area contributed by atoms with E-state index in [9.17, 15) is 0 Å². The van der Waals surface area contributed by atoms with E-state index in [1.165, 1.54) is 37.8 Å².